The summed E-state index contributed by atoms with van der Waals surface area (Å²) in [5.41, 5.74) is 4.55. The number of aliphatic carboxylic acids is 1. The van der Waals surface area contributed by atoms with Crippen molar-refractivity contribution in [1.29, 1.82) is 0 Å². The Hall–Kier alpha value is -3.35. The molecular weight excluding hydrogens is 432 g/mol. The summed E-state index contributed by atoms with van der Waals surface area (Å²) in [4.78, 5) is 36.9. The lowest BCUT2D eigenvalue weighted by Crippen LogP contribution is -2.51. The molecule has 3 N–H and O–H groups in total. The van der Waals surface area contributed by atoms with Gasteiger partial charge in [0, 0.05) is 12.5 Å². The quantitative estimate of drug-likeness (QED) is 0.544. The lowest BCUT2D eigenvalue weighted by Gasteiger charge is -2.24. The zero-order valence-electron chi connectivity index (χ0n) is 19.6. The standard InChI is InChI=1S/C27H32N2O5/c1-16(2)24(25(30)28-14-17-8-7-13-18(17)26(31)32)29-27(33)34-15-23-21-11-5-3-9-19(21)20-10-4-6-12-22(20)23/h3-6,9-12,16-18,23-24H,7-8,13-15H2,1-2H3,(H,28,30)(H,29,33)(H,31,32)/t17-,18-,24-/m0/s1. The van der Waals surface area contributed by atoms with Crippen molar-refractivity contribution in [2.45, 2.75) is 45.1 Å². The van der Waals surface area contributed by atoms with Crippen LogP contribution in [0.25, 0.3) is 11.1 Å². The van der Waals surface area contributed by atoms with Crippen molar-refractivity contribution in [1.82, 2.24) is 10.6 Å². The fraction of sp³-hybridized carbons (Fsp3) is 0.444. The van der Waals surface area contributed by atoms with E-state index in [1.165, 1.54) is 0 Å². The first kappa shape index (κ1) is 23.8. The fourth-order valence-corrected chi connectivity index (χ4v) is 5.25. The second-order valence-corrected chi connectivity index (χ2v) is 9.57. The van der Waals surface area contributed by atoms with Gasteiger partial charge in [0.2, 0.25) is 5.91 Å². The van der Waals surface area contributed by atoms with Crippen molar-refractivity contribution in [2.75, 3.05) is 13.2 Å². The van der Waals surface area contributed by atoms with Gasteiger partial charge >= 0.3 is 12.1 Å². The van der Waals surface area contributed by atoms with E-state index in [0.717, 1.165) is 35.1 Å². The highest BCUT2D eigenvalue weighted by Gasteiger charge is 2.34. The average Bonchev–Trinajstić information content (AvgIpc) is 3.42. The molecule has 0 unspecified atom stereocenters. The van der Waals surface area contributed by atoms with Crippen LogP contribution in [-0.2, 0) is 14.3 Å². The van der Waals surface area contributed by atoms with Crippen molar-refractivity contribution in [3.63, 3.8) is 0 Å². The van der Waals surface area contributed by atoms with E-state index in [9.17, 15) is 19.5 Å². The minimum Gasteiger partial charge on any atom is -0.481 e. The van der Waals surface area contributed by atoms with Crippen LogP contribution in [0.3, 0.4) is 0 Å². The predicted molar refractivity (Wildman–Crippen MR) is 128 cm³/mol. The van der Waals surface area contributed by atoms with Gasteiger partial charge in [-0.1, -0.05) is 68.8 Å². The van der Waals surface area contributed by atoms with Crippen LogP contribution in [0.5, 0.6) is 0 Å². The number of carbonyl (C=O) groups excluding carboxylic acids is 2. The summed E-state index contributed by atoms with van der Waals surface area (Å²) in [5, 5.41) is 14.9. The van der Waals surface area contributed by atoms with Crippen molar-refractivity contribution in [2.24, 2.45) is 17.8 Å². The number of alkyl carbamates (subject to hydrolysis) is 1. The number of amides is 2. The molecule has 2 aromatic carbocycles. The molecule has 1 saturated carbocycles. The summed E-state index contributed by atoms with van der Waals surface area (Å²) in [5.74, 6) is -1.84. The monoisotopic (exact) mass is 464 g/mol. The molecule has 34 heavy (non-hydrogen) atoms. The molecule has 0 saturated heterocycles. The maximum absolute atomic E-state index is 12.8. The van der Waals surface area contributed by atoms with E-state index < -0.39 is 24.0 Å². The molecule has 1 fully saturated rings. The number of rotatable bonds is 8. The Balaban J connectivity index is 1.35. The van der Waals surface area contributed by atoms with Gasteiger partial charge in [-0.3, -0.25) is 9.59 Å². The van der Waals surface area contributed by atoms with Crippen LogP contribution in [0.1, 0.15) is 50.2 Å². The Bertz CT molecular complexity index is 1020. The Morgan fingerprint density at radius 3 is 2.21 bits per heavy atom. The third kappa shape index (κ3) is 4.93. The molecule has 0 aromatic heterocycles. The zero-order valence-corrected chi connectivity index (χ0v) is 19.6. The molecule has 0 aliphatic heterocycles. The first-order chi connectivity index (χ1) is 16.4. The normalized spacial score (nSPS) is 19.9. The van der Waals surface area contributed by atoms with Crippen LogP contribution in [-0.4, -0.2) is 42.3 Å². The Morgan fingerprint density at radius 1 is 1.00 bits per heavy atom. The number of fused-ring (bicyclic) bond motifs is 3. The molecule has 0 heterocycles. The summed E-state index contributed by atoms with van der Waals surface area (Å²) >= 11 is 0. The molecule has 3 atom stereocenters. The molecule has 2 aromatic rings. The first-order valence-electron chi connectivity index (χ1n) is 12.0. The number of hydrogen-bond acceptors (Lipinski definition) is 4. The molecule has 2 aliphatic rings. The van der Waals surface area contributed by atoms with E-state index >= 15 is 0 Å². The molecule has 0 bridgehead atoms. The van der Waals surface area contributed by atoms with E-state index in [4.69, 9.17) is 4.74 Å². The summed E-state index contributed by atoms with van der Waals surface area (Å²) in [6, 6.07) is 15.5. The summed E-state index contributed by atoms with van der Waals surface area (Å²) in [6.45, 7) is 4.17. The highest BCUT2D eigenvalue weighted by atomic mass is 16.5. The second-order valence-electron chi connectivity index (χ2n) is 9.57. The van der Waals surface area contributed by atoms with Crippen LogP contribution >= 0.6 is 0 Å². The van der Waals surface area contributed by atoms with Crippen LogP contribution < -0.4 is 10.6 Å². The molecular formula is C27H32N2O5. The third-order valence-corrected chi connectivity index (χ3v) is 7.08. The number of nitrogens with one attached hydrogen (secondary N) is 2. The topological polar surface area (TPSA) is 105 Å². The maximum atomic E-state index is 12.8. The molecule has 180 valence electrons. The molecule has 0 radical (unpaired) electrons. The number of ether oxygens (including phenoxy) is 1. The number of carboxylic acids is 1. The van der Waals surface area contributed by atoms with E-state index in [-0.39, 0.29) is 30.3 Å². The summed E-state index contributed by atoms with van der Waals surface area (Å²) < 4.78 is 5.59. The maximum Gasteiger partial charge on any atom is 0.407 e. The largest absolute Gasteiger partial charge is 0.481 e. The summed E-state index contributed by atoms with van der Waals surface area (Å²) in [6.07, 6.45) is 1.63. The SMILES string of the molecule is CC(C)[C@H](NC(=O)OCC1c2ccccc2-c2ccccc21)C(=O)NC[C@@H]1CCC[C@@H]1C(=O)O. The van der Waals surface area contributed by atoms with Crippen LogP contribution in [0, 0.1) is 17.8 Å². The third-order valence-electron chi connectivity index (χ3n) is 7.08. The Labute approximate surface area is 199 Å². The van der Waals surface area contributed by atoms with Crippen molar-refractivity contribution in [3.8, 4) is 11.1 Å². The van der Waals surface area contributed by atoms with E-state index in [1.807, 2.05) is 38.1 Å². The second kappa shape index (κ2) is 10.3. The minimum atomic E-state index is -0.811. The number of carboxylic acid groups (broad SMARTS) is 1. The number of benzene rings is 2. The molecule has 2 aliphatic carbocycles. The zero-order chi connectivity index (χ0) is 24.2. The fourth-order valence-electron chi connectivity index (χ4n) is 5.25. The van der Waals surface area contributed by atoms with E-state index in [2.05, 4.69) is 34.9 Å². The number of hydrogen-bond donors (Lipinski definition) is 3. The molecule has 7 nitrogen and oxygen atoms in total. The highest BCUT2D eigenvalue weighted by Crippen LogP contribution is 2.44. The molecule has 7 heteroatoms. The van der Waals surface area contributed by atoms with Gasteiger partial charge in [-0.05, 0) is 46.9 Å². The van der Waals surface area contributed by atoms with Gasteiger partial charge in [0.25, 0.3) is 0 Å². The van der Waals surface area contributed by atoms with E-state index in [1.54, 1.807) is 0 Å². The van der Waals surface area contributed by atoms with Gasteiger partial charge < -0.3 is 20.5 Å². The van der Waals surface area contributed by atoms with Crippen molar-refractivity contribution < 1.29 is 24.2 Å². The van der Waals surface area contributed by atoms with Gasteiger partial charge in [-0.25, -0.2) is 4.79 Å². The van der Waals surface area contributed by atoms with E-state index in [0.29, 0.717) is 13.0 Å². The van der Waals surface area contributed by atoms with Gasteiger partial charge in [0.1, 0.15) is 12.6 Å². The molecule has 0 spiro atoms. The van der Waals surface area contributed by atoms with Gasteiger partial charge in [-0.15, -0.1) is 0 Å². The first-order valence-corrected chi connectivity index (χ1v) is 12.0. The Morgan fingerprint density at radius 2 is 1.62 bits per heavy atom. The lowest BCUT2D eigenvalue weighted by atomic mass is 9.96. The van der Waals surface area contributed by atoms with Gasteiger partial charge in [0.05, 0.1) is 5.92 Å². The Kier molecular flexibility index (Phi) is 7.20. The minimum absolute atomic E-state index is 0.0557. The smallest absolute Gasteiger partial charge is 0.407 e. The van der Waals surface area contributed by atoms with Crippen LogP contribution in [0.2, 0.25) is 0 Å². The lowest BCUT2D eigenvalue weighted by molar-refractivity contribution is -0.143. The van der Waals surface area contributed by atoms with Crippen LogP contribution in [0.4, 0.5) is 4.79 Å². The van der Waals surface area contributed by atoms with Crippen LogP contribution in [0.15, 0.2) is 48.5 Å². The predicted octanol–water partition coefficient (Wildman–Crippen LogP) is 4.17. The average molecular weight is 465 g/mol. The van der Waals surface area contributed by atoms with Gasteiger partial charge in [0.15, 0.2) is 0 Å². The van der Waals surface area contributed by atoms with Gasteiger partial charge in [-0.2, -0.15) is 0 Å². The van der Waals surface area contributed by atoms with Crippen molar-refractivity contribution >= 4 is 18.0 Å². The summed E-state index contributed by atoms with van der Waals surface area (Å²) in [7, 11) is 0. The van der Waals surface area contributed by atoms with Crippen molar-refractivity contribution in [3.05, 3.63) is 59.7 Å². The number of carbonyl (C=O) groups is 3. The molecule has 4 rings (SSSR count). The molecule has 2 amide bonds. The highest BCUT2D eigenvalue weighted by molar-refractivity contribution is 5.86.